The summed E-state index contributed by atoms with van der Waals surface area (Å²) in [5.74, 6) is -0.210. The van der Waals surface area contributed by atoms with E-state index in [1.807, 2.05) is 78.6 Å². The van der Waals surface area contributed by atoms with E-state index in [1.165, 1.54) is 5.56 Å². The number of aryl methyl sites for hydroxylation is 1. The summed E-state index contributed by atoms with van der Waals surface area (Å²) in [5, 5.41) is 6.59. The third-order valence-electron chi connectivity index (χ3n) is 7.95. The minimum atomic E-state index is -0.184. The van der Waals surface area contributed by atoms with Crippen molar-refractivity contribution in [3.8, 4) is 11.1 Å². The molecule has 4 aromatic rings. The number of hydrogen-bond donors (Lipinski definition) is 2. The van der Waals surface area contributed by atoms with Crippen molar-refractivity contribution in [2.24, 2.45) is 0 Å². The number of amides is 2. The minimum Gasteiger partial charge on any atom is -0.363 e. The predicted molar refractivity (Wildman–Crippen MR) is 162 cm³/mol. The molecule has 6 heteroatoms. The van der Waals surface area contributed by atoms with Crippen molar-refractivity contribution >= 4 is 28.9 Å². The first-order chi connectivity index (χ1) is 19.5. The van der Waals surface area contributed by atoms with Crippen LogP contribution in [0.5, 0.6) is 0 Å². The van der Waals surface area contributed by atoms with E-state index in [0.29, 0.717) is 29.4 Å². The van der Waals surface area contributed by atoms with E-state index in [9.17, 15) is 9.59 Å². The highest BCUT2D eigenvalue weighted by molar-refractivity contribution is 6.10. The molecular weight excluding hydrogens is 496 g/mol. The van der Waals surface area contributed by atoms with Gasteiger partial charge in [-0.25, -0.2) is 0 Å². The number of para-hydroxylation sites is 2. The van der Waals surface area contributed by atoms with Crippen molar-refractivity contribution in [1.82, 2.24) is 5.32 Å². The fraction of sp³-hybridized carbons (Fsp3) is 0.235. The first-order valence-electron chi connectivity index (χ1n) is 14.0. The fourth-order valence-electron chi connectivity index (χ4n) is 5.97. The van der Waals surface area contributed by atoms with E-state index >= 15 is 0 Å². The Hall–Kier alpha value is -4.42. The Bertz CT molecular complexity index is 1530. The zero-order valence-corrected chi connectivity index (χ0v) is 22.9. The van der Waals surface area contributed by atoms with Gasteiger partial charge in [0.05, 0.1) is 11.4 Å². The molecule has 1 unspecified atom stereocenters. The molecule has 0 saturated carbocycles. The molecule has 2 aliphatic heterocycles. The van der Waals surface area contributed by atoms with E-state index in [4.69, 9.17) is 0 Å². The average molecular weight is 531 g/mol. The van der Waals surface area contributed by atoms with Gasteiger partial charge in [0.15, 0.2) is 0 Å². The van der Waals surface area contributed by atoms with E-state index < -0.39 is 0 Å². The molecule has 4 aromatic carbocycles. The molecule has 0 aliphatic carbocycles. The smallest absolute Gasteiger partial charge is 0.258 e. The first-order valence-corrected chi connectivity index (χ1v) is 14.0. The summed E-state index contributed by atoms with van der Waals surface area (Å²) < 4.78 is 0. The van der Waals surface area contributed by atoms with Gasteiger partial charge in [-0.3, -0.25) is 9.59 Å². The van der Waals surface area contributed by atoms with Crippen LogP contribution >= 0.6 is 0 Å². The lowest BCUT2D eigenvalue weighted by atomic mass is 9.98. The highest BCUT2D eigenvalue weighted by Crippen LogP contribution is 2.40. The van der Waals surface area contributed by atoms with Crippen molar-refractivity contribution in [2.45, 2.75) is 32.4 Å². The van der Waals surface area contributed by atoms with Gasteiger partial charge < -0.3 is 20.4 Å². The lowest BCUT2D eigenvalue weighted by Crippen LogP contribution is -2.48. The number of fused-ring (bicyclic) bond motifs is 3. The third-order valence-corrected chi connectivity index (χ3v) is 7.95. The monoisotopic (exact) mass is 530 g/mol. The SMILES string of the molecule is CCNC1C[C@H]2CN(C(=O)c3ccc(NC(=O)c4ccccc4-c4ccc(C)cc4)cc3)c3ccccc3N2C1. The van der Waals surface area contributed by atoms with Gasteiger partial charge in [-0.2, -0.15) is 0 Å². The summed E-state index contributed by atoms with van der Waals surface area (Å²) >= 11 is 0. The van der Waals surface area contributed by atoms with Crippen LogP contribution in [0.3, 0.4) is 0 Å². The van der Waals surface area contributed by atoms with E-state index in [0.717, 1.165) is 42.0 Å². The van der Waals surface area contributed by atoms with E-state index in [2.05, 4.69) is 28.5 Å². The fourth-order valence-corrected chi connectivity index (χ4v) is 5.97. The summed E-state index contributed by atoms with van der Waals surface area (Å²) in [6.07, 6.45) is 1.01. The molecule has 1 saturated heterocycles. The molecule has 6 nitrogen and oxygen atoms in total. The highest BCUT2D eigenvalue weighted by Gasteiger charge is 2.40. The quantitative estimate of drug-likeness (QED) is 0.315. The van der Waals surface area contributed by atoms with Crippen LogP contribution in [-0.2, 0) is 0 Å². The molecule has 2 N–H and O–H groups in total. The number of carbonyl (C=O) groups excluding carboxylic acids is 2. The van der Waals surface area contributed by atoms with Gasteiger partial charge in [-0.05, 0) is 73.5 Å². The first kappa shape index (κ1) is 25.8. The Kier molecular flexibility index (Phi) is 7.10. The van der Waals surface area contributed by atoms with Crippen LogP contribution in [0, 0.1) is 6.92 Å². The Morgan fingerprint density at radius 1 is 0.825 bits per heavy atom. The largest absolute Gasteiger partial charge is 0.363 e. The van der Waals surface area contributed by atoms with Crippen LogP contribution < -0.4 is 20.4 Å². The molecule has 1 fully saturated rings. The van der Waals surface area contributed by atoms with Gasteiger partial charge in [0.25, 0.3) is 11.8 Å². The number of nitrogens with one attached hydrogen (secondary N) is 2. The lowest BCUT2D eigenvalue weighted by molar-refractivity contribution is 0.0983. The molecular formula is C34H34N4O2. The van der Waals surface area contributed by atoms with Crippen molar-refractivity contribution in [3.63, 3.8) is 0 Å². The van der Waals surface area contributed by atoms with Crippen LogP contribution in [-0.4, -0.2) is 43.5 Å². The van der Waals surface area contributed by atoms with Gasteiger partial charge in [-0.1, -0.05) is 67.1 Å². The summed E-state index contributed by atoms with van der Waals surface area (Å²) in [7, 11) is 0. The summed E-state index contributed by atoms with van der Waals surface area (Å²) in [5.41, 5.74) is 6.97. The van der Waals surface area contributed by atoms with Gasteiger partial charge in [0.1, 0.15) is 0 Å². The number of rotatable bonds is 6. The molecule has 40 heavy (non-hydrogen) atoms. The van der Waals surface area contributed by atoms with Crippen molar-refractivity contribution in [2.75, 3.05) is 34.8 Å². The molecule has 0 radical (unpaired) electrons. The second-order valence-corrected chi connectivity index (χ2v) is 10.6. The maximum absolute atomic E-state index is 13.7. The van der Waals surface area contributed by atoms with Crippen molar-refractivity contribution < 1.29 is 9.59 Å². The molecule has 2 amide bonds. The number of carbonyl (C=O) groups is 2. The summed E-state index contributed by atoms with van der Waals surface area (Å²) in [6.45, 7) is 6.74. The molecule has 6 rings (SSSR count). The normalized spacial score (nSPS) is 17.8. The molecule has 2 atom stereocenters. The van der Waals surface area contributed by atoms with Gasteiger partial charge in [-0.15, -0.1) is 0 Å². The van der Waals surface area contributed by atoms with E-state index in [1.54, 1.807) is 24.3 Å². The standard InChI is InChI=1S/C34H34N4O2/c1-3-35-27-20-28-22-38(32-11-7-6-10-31(32)37(28)21-27)34(40)25-16-18-26(19-17-25)36-33(39)30-9-5-4-8-29(30)24-14-12-23(2)13-15-24/h4-19,27-28,35H,3,20-22H2,1-2H3,(H,36,39)/t27?,28-/m0/s1. The maximum Gasteiger partial charge on any atom is 0.258 e. The molecule has 2 heterocycles. The van der Waals surface area contributed by atoms with E-state index in [-0.39, 0.29) is 17.9 Å². The van der Waals surface area contributed by atoms with Crippen molar-refractivity contribution in [1.29, 1.82) is 0 Å². The zero-order chi connectivity index (χ0) is 27.6. The Morgan fingerprint density at radius 3 is 2.27 bits per heavy atom. The van der Waals surface area contributed by atoms with Gasteiger partial charge in [0, 0.05) is 42.0 Å². The minimum absolute atomic E-state index is 0.0263. The molecule has 0 spiro atoms. The van der Waals surface area contributed by atoms with Crippen LogP contribution in [0.4, 0.5) is 17.1 Å². The Morgan fingerprint density at radius 2 is 1.52 bits per heavy atom. The summed E-state index contributed by atoms with van der Waals surface area (Å²) in [6, 6.07) is 31.9. The maximum atomic E-state index is 13.7. The number of anilines is 3. The van der Waals surface area contributed by atoms with Crippen LogP contribution in [0.25, 0.3) is 11.1 Å². The van der Waals surface area contributed by atoms with Crippen molar-refractivity contribution in [3.05, 3.63) is 114 Å². The highest BCUT2D eigenvalue weighted by atomic mass is 16.2. The Balaban J connectivity index is 1.19. The molecule has 202 valence electrons. The number of nitrogens with zero attached hydrogens (tertiary/aromatic N) is 2. The lowest BCUT2D eigenvalue weighted by Gasteiger charge is -2.40. The topological polar surface area (TPSA) is 64.7 Å². The Labute approximate surface area is 235 Å². The number of benzene rings is 4. The predicted octanol–water partition coefficient (Wildman–Crippen LogP) is 6.13. The second-order valence-electron chi connectivity index (χ2n) is 10.6. The van der Waals surface area contributed by atoms with Gasteiger partial charge in [0.2, 0.25) is 0 Å². The molecule has 0 aromatic heterocycles. The average Bonchev–Trinajstić information content (AvgIpc) is 3.40. The van der Waals surface area contributed by atoms with Crippen LogP contribution in [0.2, 0.25) is 0 Å². The molecule has 2 aliphatic rings. The van der Waals surface area contributed by atoms with Crippen LogP contribution in [0.15, 0.2) is 97.1 Å². The summed E-state index contributed by atoms with van der Waals surface area (Å²) in [4.78, 5) is 31.4. The zero-order valence-electron chi connectivity index (χ0n) is 22.9. The van der Waals surface area contributed by atoms with Crippen LogP contribution in [0.1, 0.15) is 39.6 Å². The third kappa shape index (κ3) is 4.98. The number of likely N-dealkylation sites (N-methyl/N-ethyl adjacent to an activating group) is 1. The second kappa shape index (κ2) is 11.0. The van der Waals surface area contributed by atoms with Gasteiger partial charge >= 0.3 is 0 Å². The molecule has 0 bridgehead atoms. The number of hydrogen-bond acceptors (Lipinski definition) is 4.